The molecule has 2 amide bonds. The predicted octanol–water partition coefficient (Wildman–Crippen LogP) is 0.339. The second-order valence-electron chi connectivity index (χ2n) is 4.24. The molecule has 1 aliphatic rings. The molecule has 1 atom stereocenters. The van der Waals surface area contributed by atoms with E-state index in [0.29, 0.717) is 12.2 Å². The summed E-state index contributed by atoms with van der Waals surface area (Å²) in [6.45, 7) is 0. The molecule has 1 aliphatic heterocycles. The number of amides is 2. The summed E-state index contributed by atoms with van der Waals surface area (Å²) in [6.07, 6.45) is 0.652. The molecule has 0 bridgehead atoms. The van der Waals surface area contributed by atoms with E-state index >= 15 is 0 Å². The Labute approximate surface area is 109 Å². The molecule has 7 heteroatoms. The number of imide groups is 1. The Morgan fingerprint density at radius 2 is 2.21 bits per heavy atom. The van der Waals surface area contributed by atoms with Gasteiger partial charge >= 0.3 is 5.97 Å². The third-order valence-electron chi connectivity index (χ3n) is 2.94. The average Bonchev–Trinajstić information content (AvgIpc) is 2.40. The van der Waals surface area contributed by atoms with Crippen LogP contribution in [0, 0.1) is 0 Å². The molecule has 1 aromatic heterocycles. The quantitative estimate of drug-likeness (QED) is 0.763. The van der Waals surface area contributed by atoms with Crippen molar-refractivity contribution in [1.82, 2.24) is 9.88 Å². The number of pyridine rings is 1. The van der Waals surface area contributed by atoms with Crippen LogP contribution >= 0.6 is 0 Å². The van der Waals surface area contributed by atoms with Crippen LogP contribution in [0.5, 0.6) is 0 Å². The Balaban J connectivity index is 2.13. The number of piperidine rings is 1. The van der Waals surface area contributed by atoms with E-state index in [0.717, 1.165) is 4.90 Å². The zero-order valence-corrected chi connectivity index (χ0v) is 10.3. The number of nitrogens with zero attached hydrogens (tertiary/aromatic N) is 2. The highest BCUT2D eigenvalue weighted by molar-refractivity contribution is 6.01. The first-order valence-electron chi connectivity index (χ1n) is 5.76. The highest BCUT2D eigenvalue weighted by atomic mass is 16.4. The summed E-state index contributed by atoms with van der Waals surface area (Å²) in [6, 6.07) is 3.93. The number of carboxylic acids is 1. The predicted molar refractivity (Wildman–Crippen MR) is 65.6 cm³/mol. The Kier molecular flexibility index (Phi) is 3.46. The Morgan fingerprint density at radius 3 is 2.89 bits per heavy atom. The van der Waals surface area contributed by atoms with Crippen LogP contribution in [-0.2, 0) is 9.59 Å². The molecule has 19 heavy (non-hydrogen) atoms. The highest BCUT2D eigenvalue weighted by Gasteiger charge is 2.31. The first kappa shape index (κ1) is 13.0. The highest BCUT2D eigenvalue weighted by Crippen LogP contribution is 2.16. The number of hydrogen-bond donors (Lipinski definition) is 2. The Morgan fingerprint density at radius 1 is 1.47 bits per heavy atom. The minimum absolute atomic E-state index is 0.0994. The maximum Gasteiger partial charge on any atom is 0.354 e. The number of nitrogens with one attached hydrogen (secondary N) is 1. The lowest BCUT2D eigenvalue weighted by Crippen LogP contribution is -2.48. The van der Waals surface area contributed by atoms with Gasteiger partial charge in [0.15, 0.2) is 5.69 Å². The van der Waals surface area contributed by atoms with E-state index in [1.54, 1.807) is 12.1 Å². The molecule has 1 saturated heterocycles. The normalized spacial score (nSPS) is 19.4. The van der Waals surface area contributed by atoms with Crippen molar-refractivity contribution in [2.45, 2.75) is 18.9 Å². The van der Waals surface area contributed by atoms with Crippen molar-refractivity contribution in [3.05, 3.63) is 23.9 Å². The number of aromatic nitrogens is 1. The van der Waals surface area contributed by atoms with Crippen LogP contribution in [0.25, 0.3) is 0 Å². The number of carbonyl (C=O) groups is 3. The van der Waals surface area contributed by atoms with E-state index in [1.807, 2.05) is 0 Å². The zero-order valence-electron chi connectivity index (χ0n) is 10.3. The van der Waals surface area contributed by atoms with Crippen molar-refractivity contribution >= 4 is 23.6 Å². The molecule has 1 aromatic rings. The minimum Gasteiger partial charge on any atom is -0.477 e. The number of likely N-dealkylation sites (N-methyl/N-ethyl adjacent to an activating group) is 1. The van der Waals surface area contributed by atoms with Crippen LogP contribution in [0.15, 0.2) is 18.2 Å². The molecule has 2 rings (SSSR count). The summed E-state index contributed by atoms with van der Waals surface area (Å²) in [7, 11) is 1.43. The molecule has 0 aliphatic carbocycles. The second kappa shape index (κ2) is 5.05. The first-order valence-corrected chi connectivity index (χ1v) is 5.76. The summed E-state index contributed by atoms with van der Waals surface area (Å²) in [5.74, 6) is -1.37. The molecule has 2 heterocycles. The molecule has 7 nitrogen and oxygen atoms in total. The summed E-state index contributed by atoms with van der Waals surface area (Å²) in [5.41, 5.74) is -0.0994. The molecular weight excluding hydrogens is 250 g/mol. The van der Waals surface area contributed by atoms with Gasteiger partial charge in [0, 0.05) is 13.5 Å². The lowest BCUT2D eigenvalue weighted by Gasteiger charge is -2.28. The van der Waals surface area contributed by atoms with Gasteiger partial charge in [-0.15, -0.1) is 0 Å². The van der Waals surface area contributed by atoms with Crippen molar-refractivity contribution in [3.8, 4) is 0 Å². The third kappa shape index (κ3) is 2.70. The van der Waals surface area contributed by atoms with Crippen LogP contribution in [-0.4, -0.2) is 45.9 Å². The monoisotopic (exact) mass is 263 g/mol. The van der Waals surface area contributed by atoms with Gasteiger partial charge in [-0.25, -0.2) is 9.78 Å². The van der Waals surface area contributed by atoms with Crippen molar-refractivity contribution in [3.63, 3.8) is 0 Å². The van der Waals surface area contributed by atoms with Gasteiger partial charge in [-0.05, 0) is 18.6 Å². The zero-order chi connectivity index (χ0) is 14.0. The molecule has 0 saturated carbocycles. The van der Waals surface area contributed by atoms with Gasteiger partial charge in [-0.3, -0.25) is 14.5 Å². The number of carbonyl (C=O) groups excluding carboxylic acids is 2. The van der Waals surface area contributed by atoms with Crippen molar-refractivity contribution in [2.75, 3.05) is 12.4 Å². The number of aromatic carboxylic acids is 1. The van der Waals surface area contributed by atoms with Crippen molar-refractivity contribution in [1.29, 1.82) is 0 Å². The minimum atomic E-state index is -1.13. The SMILES string of the molecule is CN1C(=O)CCC(Nc2cccc(C(=O)O)n2)C1=O. The molecule has 100 valence electrons. The van der Waals surface area contributed by atoms with Gasteiger partial charge in [0.1, 0.15) is 11.9 Å². The third-order valence-corrected chi connectivity index (χ3v) is 2.94. The maximum absolute atomic E-state index is 11.9. The number of rotatable bonds is 3. The summed E-state index contributed by atoms with van der Waals surface area (Å²) >= 11 is 0. The number of likely N-dealkylation sites (tertiary alicyclic amines) is 1. The van der Waals surface area contributed by atoms with Crippen LogP contribution < -0.4 is 5.32 Å². The van der Waals surface area contributed by atoms with Crippen LogP contribution in [0.4, 0.5) is 5.82 Å². The van der Waals surface area contributed by atoms with Gasteiger partial charge in [0.2, 0.25) is 5.91 Å². The molecule has 0 spiro atoms. The smallest absolute Gasteiger partial charge is 0.354 e. The summed E-state index contributed by atoms with van der Waals surface area (Å²) < 4.78 is 0. The van der Waals surface area contributed by atoms with Gasteiger partial charge in [0.25, 0.3) is 5.91 Å². The largest absolute Gasteiger partial charge is 0.477 e. The lowest BCUT2D eigenvalue weighted by atomic mass is 10.0. The maximum atomic E-state index is 11.9. The van der Waals surface area contributed by atoms with E-state index in [-0.39, 0.29) is 23.9 Å². The summed E-state index contributed by atoms with van der Waals surface area (Å²) in [5, 5.41) is 11.7. The van der Waals surface area contributed by atoms with E-state index in [4.69, 9.17) is 5.11 Å². The fourth-order valence-corrected chi connectivity index (χ4v) is 1.86. The Bertz CT molecular complexity index is 544. The van der Waals surface area contributed by atoms with Crippen LogP contribution in [0.3, 0.4) is 0 Å². The van der Waals surface area contributed by atoms with Crippen molar-refractivity contribution in [2.24, 2.45) is 0 Å². The molecular formula is C12H13N3O4. The van der Waals surface area contributed by atoms with Gasteiger partial charge < -0.3 is 10.4 Å². The number of hydrogen-bond acceptors (Lipinski definition) is 5. The van der Waals surface area contributed by atoms with Crippen LogP contribution in [0.1, 0.15) is 23.3 Å². The van der Waals surface area contributed by atoms with Crippen LogP contribution in [0.2, 0.25) is 0 Å². The standard InChI is InChI=1S/C12H13N3O4/c1-15-10(16)6-5-7(11(15)17)13-9-4-2-3-8(14-9)12(18)19/h2-4,7H,5-6H2,1H3,(H,13,14)(H,18,19). The van der Waals surface area contributed by atoms with E-state index < -0.39 is 12.0 Å². The topological polar surface area (TPSA) is 99.6 Å². The molecule has 0 radical (unpaired) electrons. The second-order valence-corrected chi connectivity index (χ2v) is 4.24. The number of carboxylic acid groups (broad SMARTS) is 1. The average molecular weight is 263 g/mol. The Hall–Kier alpha value is -2.44. The van der Waals surface area contributed by atoms with E-state index in [2.05, 4.69) is 10.3 Å². The van der Waals surface area contributed by atoms with Crippen molar-refractivity contribution < 1.29 is 19.5 Å². The molecule has 0 aromatic carbocycles. The molecule has 1 unspecified atom stereocenters. The number of anilines is 1. The fraction of sp³-hybridized carbons (Fsp3) is 0.333. The van der Waals surface area contributed by atoms with Gasteiger partial charge in [0.05, 0.1) is 0 Å². The van der Waals surface area contributed by atoms with Gasteiger partial charge in [-0.2, -0.15) is 0 Å². The lowest BCUT2D eigenvalue weighted by molar-refractivity contribution is -0.146. The molecule has 2 N–H and O–H groups in total. The first-order chi connectivity index (χ1) is 8.99. The fourth-order valence-electron chi connectivity index (χ4n) is 1.86. The van der Waals surface area contributed by atoms with E-state index in [9.17, 15) is 14.4 Å². The molecule has 1 fully saturated rings. The summed E-state index contributed by atoms with van der Waals surface area (Å²) in [4.78, 5) is 38.9. The van der Waals surface area contributed by atoms with Gasteiger partial charge in [-0.1, -0.05) is 6.07 Å². The van der Waals surface area contributed by atoms with E-state index in [1.165, 1.54) is 13.1 Å².